The zero-order chi connectivity index (χ0) is 20.8. The molecule has 4 aromatic rings. The van der Waals surface area contributed by atoms with Gasteiger partial charge in [0.2, 0.25) is 5.91 Å². The number of amides is 1. The van der Waals surface area contributed by atoms with Crippen LogP contribution >= 0.6 is 11.8 Å². The van der Waals surface area contributed by atoms with Crippen molar-refractivity contribution < 1.29 is 4.79 Å². The fraction of sp³-hybridized carbons (Fsp3) is 0.115. The van der Waals surface area contributed by atoms with E-state index in [0.717, 1.165) is 22.5 Å². The smallest absolute Gasteiger partial charge is 0.244 e. The van der Waals surface area contributed by atoms with Crippen LogP contribution in [0.1, 0.15) is 11.1 Å². The predicted octanol–water partition coefficient (Wildman–Crippen LogP) is 6.07. The molecule has 0 aliphatic heterocycles. The van der Waals surface area contributed by atoms with Gasteiger partial charge in [-0.05, 0) is 30.2 Å². The first-order valence-corrected chi connectivity index (χ1v) is 11.0. The zero-order valence-corrected chi connectivity index (χ0v) is 17.7. The van der Waals surface area contributed by atoms with Crippen LogP contribution in [0, 0.1) is 6.92 Å². The summed E-state index contributed by atoms with van der Waals surface area (Å²) in [5, 5.41) is 4.19. The van der Waals surface area contributed by atoms with Crippen molar-refractivity contribution in [1.29, 1.82) is 0 Å². The van der Waals surface area contributed by atoms with Gasteiger partial charge in [0, 0.05) is 34.2 Å². The monoisotopic (exact) mass is 412 g/mol. The maximum absolute atomic E-state index is 12.1. The first kappa shape index (κ1) is 20.0. The number of fused-ring (bicyclic) bond motifs is 1. The van der Waals surface area contributed by atoms with Crippen molar-refractivity contribution in [2.45, 2.75) is 11.8 Å². The zero-order valence-electron chi connectivity index (χ0n) is 16.9. The van der Waals surface area contributed by atoms with Crippen molar-refractivity contribution in [1.82, 2.24) is 10.3 Å². The molecule has 150 valence electrons. The molecule has 30 heavy (non-hydrogen) atoms. The Morgan fingerprint density at radius 1 is 0.967 bits per heavy atom. The Hall–Kier alpha value is -3.24. The summed E-state index contributed by atoms with van der Waals surface area (Å²) in [4.78, 5) is 16.9. The summed E-state index contributed by atoms with van der Waals surface area (Å²) in [5.41, 5.74) is 5.70. The minimum Gasteiger partial charge on any atom is -0.354 e. The minimum atomic E-state index is -0.0721. The molecule has 4 heteroatoms. The number of nitrogens with one attached hydrogen (secondary N) is 2. The predicted molar refractivity (Wildman–Crippen MR) is 128 cm³/mol. The number of benzene rings is 3. The lowest BCUT2D eigenvalue weighted by Crippen LogP contribution is -2.23. The summed E-state index contributed by atoms with van der Waals surface area (Å²) in [7, 11) is 0. The molecule has 0 atom stereocenters. The average molecular weight is 413 g/mol. The second-order valence-corrected chi connectivity index (χ2v) is 8.23. The molecule has 1 heterocycles. The number of hydrogen-bond acceptors (Lipinski definition) is 2. The van der Waals surface area contributed by atoms with E-state index in [1.807, 2.05) is 42.5 Å². The Balaban J connectivity index is 1.42. The molecule has 0 aliphatic rings. The van der Waals surface area contributed by atoms with Gasteiger partial charge in [-0.25, -0.2) is 0 Å². The number of carbonyl (C=O) groups excluding carboxylic acids is 1. The molecule has 2 N–H and O–H groups in total. The Bertz CT molecular complexity index is 1160. The molecule has 0 spiro atoms. The molecule has 0 saturated heterocycles. The Morgan fingerprint density at radius 3 is 2.50 bits per heavy atom. The molecule has 0 radical (unpaired) electrons. The number of aromatic nitrogens is 1. The van der Waals surface area contributed by atoms with E-state index in [1.165, 1.54) is 21.4 Å². The third kappa shape index (κ3) is 4.84. The van der Waals surface area contributed by atoms with Gasteiger partial charge in [-0.1, -0.05) is 78.4 Å². The van der Waals surface area contributed by atoms with Crippen molar-refractivity contribution in [3.63, 3.8) is 0 Å². The second-order valence-electron chi connectivity index (χ2n) is 7.12. The summed E-state index contributed by atoms with van der Waals surface area (Å²) in [5.74, 6) is 0.725. The van der Waals surface area contributed by atoms with Crippen molar-refractivity contribution in [3.8, 4) is 11.3 Å². The standard InChI is InChI=1S/C26H24N2OS/c1-19-11-14-21(15-12-19)25-26(22-9-5-6-10-23(22)28-25)30-18-17-27-24(29)16-13-20-7-3-2-4-8-20/h2-16,28H,17-18H2,1H3,(H,27,29)/b16-13+. The van der Waals surface area contributed by atoms with Crippen LogP contribution in [0.4, 0.5) is 0 Å². The van der Waals surface area contributed by atoms with Gasteiger partial charge in [0.15, 0.2) is 0 Å². The van der Waals surface area contributed by atoms with Gasteiger partial charge in [-0.2, -0.15) is 0 Å². The molecule has 1 aromatic heterocycles. The van der Waals surface area contributed by atoms with E-state index in [0.29, 0.717) is 6.54 Å². The van der Waals surface area contributed by atoms with E-state index in [9.17, 15) is 4.79 Å². The third-order valence-corrected chi connectivity index (χ3v) is 5.99. The summed E-state index contributed by atoms with van der Waals surface area (Å²) >= 11 is 1.77. The second kappa shape index (κ2) is 9.51. The van der Waals surface area contributed by atoms with Gasteiger partial charge >= 0.3 is 0 Å². The van der Waals surface area contributed by atoms with Crippen molar-refractivity contribution in [2.75, 3.05) is 12.3 Å². The fourth-order valence-electron chi connectivity index (χ4n) is 3.31. The number of aryl methyl sites for hydroxylation is 1. The maximum Gasteiger partial charge on any atom is 0.244 e. The topological polar surface area (TPSA) is 44.9 Å². The molecule has 3 nitrogen and oxygen atoms in total. The fourth-order valence-corrected chi connectivity index (χ4v) is 4.37. The van der Waals surface area contributed by atoms with Gasteiger partial charge in [0.05, 0.1) is 5.69 Å². The highest BCUT2D eigenvalue weighted by Gasteiger charge is 2.13. The molecule has 3 aromatic carbocycles. The van der Waals surface area contributed by atoms with Crippen LogP contribution in [0.15, 0.2) is 89.8 Å². The van der Waals surface area contributed by atoms with E-state index in [4.69, 9.17) is 0 Å². The summed E-state index contributed by atoms with van der Waals surface area (Å²) in [6, 6.07) is 26.8. The van der Waals surface area contributed by atoms with Gasteiger partial charge in [0.1, 0.15) is 0 Å². The van der Waals surface area contributed by atoms with Crippen LogP contribution in [0.3, 0.4) is 0 Å². The van der Waals surface area contributed by atoms with Crippen molar-refractivity contribution in [3.05, 3.63) is 96.1 Å². The van der Waals surface area contributed by atoms with E-state index in [2.05, 4.69) is 59.7 Å². The van der Waals surface area contributed by atoms with Crippen molar-refractivity contribution >= 4 is 34.6 Å². The number of rotatable bonds is 7. The first-order valence-electron chi connectivity index (χ1n) is 10.0. The Kier molecular flexibility index (Phi) is 6.35. The van der Waals surface area contributed by atoms with Gasteiger partial charge in [-0.3, -0.25) is 4.79 Å². The lowest BCUT2D eigenvalue weighted by atomic mass is 10.1. The number of carbonyl (C=O) groups is 1. The van der Waals surface area contributed by atoms with Crippen LogP contribution in [0.25, 0.3) is 28.2 Å². The summed E-state index contributed by atoms with van der Waals surface area (Å²) < 4.78 is 0. The van der Waals surface area contributed by atoms with Crippen molar-refractivity contribution in [2.24, 2.45) is 0 Å². The first-order chi connectivity index (χ1) is 14.7. The highest BCUT2D eigenvalue weighted by molar-refractivity contribution is 7.99. The molecule has 4 rings (SSSR count). The van der Waals surface area contributed by atoms with Crippen LogP contribution in [-0.2, 0) is 4.79 Å². The number of hydrogen-bond donors (Lipinski definition) is 2. The molecule has 1 amide bonds. The third-order valence-electron chi connectivity index (χ3n) is 4.87. The van der Waals surface area contributed by atoms with Crippen LogP contribution in [0.5, 0.6) is 0 Å². The highest BCUT2D eigenvalue weighted by atomic mass is 32.2. The number of aromatic amines is 1. The van der Waals surface area contributed by atoms with Gasteiger partial charge in [0.25, 0.3) is 0 Å². The number of H-pyrrole nitrogens is 1. The molecule has 0 aliphatic carbocycles. The van der Waals surface area contributed by atoms with E-state index in [1.54, 1.807) is 17.8 Å². The lowest BCUT2D eigenvalue weighted by Gasteiger charge is -2.06. The van der Waals surface area contributed by atoms with Crippen LogP contribution < -0.4 is 5.32 Å². The highest BCUT2D eigenvalue weighted by Crippen LogP contribution is 2.37. The lowest BCUT2D eigenvalue weighted by molar-refractivity contribution is -0.116. The van der Waals surface area contributed by atoms with E-state index >= 15 is 0 Å². The molecule has 0 fully saturated rings. The Labute approximate surface area is 181 Å². The molecule has 0 unspecified atom stereocenters. The van der Waals surface area contributed by atoms with Crippen LogP contribution in [0.2, 0.25) is 0 Å². The van der Waals surface area contributed by atoms with Crippen LogP contribution in [-0.4, -0.2) is 23.2 Å². The van der Waals surface area contributed by atoms with E-state index < -0.39 is 0 Å². The van der Waals surface area contributed by atoms with E-state index in [-0.39, 0.29) is 5.91 Å². The molecule has 0 saturated carbocycles. The van der Waals surface area contributed by atoms with Gasteiger partial charge < -0.3 is 10.3 Å². The largest absolute Gasteiger partial charge is 0.354 e. The normalized spacial score (nSPS) is 11.2. The Morgan fingerprint density at radius 2 is 1.70 bits per heavy atom. The SMILES string of the molecule is Cc1ccc(-c2[nH]c3ccccc3c2SCCNC(=O)/C=C/c2ccccc2)cc1. The molecular formula is C26H24N2OS. The summed E-state index contributed by atoms with van der Waals surface area (Å²) in [6.07, 6.45) is 3.42. The number of thioether (sulfide) groups is 1. The minimum absolute atomic E-state index is 0.0721. The van der Waals surface area contributed by atoms with Gasteiger partial charge in [-0.15, -0.1) is 11.8 Å². The maximum atomic E-state index is 12.1. The summed E-state index contributed by atoms with van der Waals surface area (Å²) in [6.45, 7) is 2.70. The number of para-hydroxylation sites is 1. The quantitative estimate of drug-likeness (QED) is 0.220. The molecular weight excluding hydrogens is 388 g/mol. The average Bonchev–Trinajstić information content (AvgIpc) is 3.15. The molecule has 0 bridgehead atoms.